The molecule has 2 rings (SSSR count). The zero-order valence-corrected chi connectivity index (χ0v) is 12.3. The molecular weight excluding hydrogens is 210 g/mol. The van der Waals surface area contributed by atoms with Crippen LogP contribution in [0.4, 0.5) is 0 Å². The van der Waals surface area contributed by atoms with Gasteiger partial charge in [-0.25, -0.2) is 0 Å². The van der Waals surface area contributed by atoms with Crippen LogP contribution in [0.2, 0.25) is 0 Å². The molecular formula is C15H29NO. The van der Waals surface area contributed by atoms with Gasteiger partial charge in [0.1, 0.15) is 0 Å². The number of ether oxygens (including phenoxy) is 1. The average Bonchev–Trinajstić information content (AvgIpc) is 2.78. The van der Waals surface area contributed by atoms with Gasteiger partial charge in [-0.15, -0.1) is 0 Å². The van der Waals surface area contributed by atoms with Crippen LogP contribution in [0, 0.1) is 10.8 Å². The Bertz CT molecular complexity index is 255. The van der Waals surface area contributed by atoms with Gasteiger partial charge in [0.25, 0.3) is 0 Å². The summed E-state index contributed by atoms with van der Waals surface area (Å²) in [6.07, 6.45) is 5.06. The number of hydrogen-bond donors (Lipinski definition) is 0. The zero-order chi connectivity index (χ0) is 12.7. The van der Waals surface area contributed by atoms with E-state index in [1.807, 2.05) is 0 Å². The van der Waals surface area contributed by atoms with E-state index in [-0.39, 0.29) is 0 Å². The van der Waals surface area contributed by atoms with Crippen LogP contribution in [0.5, 0.6) is 0 Å². The van der Waals surface area contributed by atoms with Crippen molar-refractivity contribution >= 4 is 0 Å². The fourth-order valence-electron chi connectivity index (χ4n) is 3.58. The van der Waals surface area contributed by atoms with Crippen molar-refractivity contribution in [1.82, 2.24) is 4.90 Å². The van der Waals surface area contributed by atoms with Crippen LogP contribution in [0.15, 0.2) is 0 Å². The molecule has 1 saturated heterocycles. The minimum absolute atomic E-state index is 0.407. The molecule has 0 radical (unpaired) electrons. The third kappa shape index (κ3) is 3.96. The Kier molecular flexibility index (Phi) is 3.57. The van der Waals surface area contributed by atoms with E-state index in [9.17, 15) is 0 Å². The number of nitrogens with zero attached hydrogens (tertiary/aromatic N) is 1. The fraction of sp³-hybridized carbons (Fsp3) is 1.00. The highest BCUT2D eigenvalue weighted by atomic mass is 16.5. The van der Waals surface area contributed by atoms with Crippen molar-refractivity contribution in [3.63, 3.8) is 0 Å². The number of morpholine rings is 1. The van der Waals surface area contributed by atoms with Crippen LogP contribution in [-0.2, 0) is 4.74 Å². The quantitative estimate of drug-likeness (QED) is 0.749. The molecule has 2 aliphatic rings. The molecule has 1 aliphatic carbocycles. The molecule has 1 heterocycles. The SMILES string of the molecule is C[C@@H]1CN(CC2(CC(C)(C)C)CC2)C[C@H](C)O1. The van der Waals surface area contributed by atoms with Gasteiger partial charge in [-0.05, 0) is 43.9 Å². The third-order valence-corrected chi connectivity index (χ3v) is 3.92. The van der Waals surface area contributed by atoms with E-state index in [4.69, 9.17) is 4.74 Å². The molecule has 2 fully saturated rings. The van der Waals surface area contributed by atoms with Crippen molar-refractivity contribution in [2.75, 3.05) is 19.6 Å². The second-order valence-electron chi connectivity index (χ2n) is 7.69. The average molecular weight is 239 g/mol. The summed E-state index contributed by atoms with van der Waals surface area (Å²) < 4.78 is 5.81. The molecule has 0 unspecified atom stereocenters. The summed E-state index contributed by atoms with van der Waals surface area (Å²) >= 11 is 0. The lowest BCUT2D eigenvalue weighted by atomic mass is 9.82. The van der Waals surface area contributed by atoms with Gasteiger partial charge in [0, 0.05) is 19.6 Å². The first-order chi connectivity index (χ1) is 7.78. The highest BCUT2D eigenvalue weighted by molar-refractivity contribution is 4.98. The molecule has 0 aromatic heterocycles. The summed E-state index contributed by atoms with van der Waals surface area (Å²) in [6.45, 7) is 15.1. The third-order valence-electron chi connectivity index (χ3n) is 3.92. The summed E-state index contributed by atoms with van der Waals surface area (Å²) in [4.78, 5) is 2.64. The molecule has 0 bridgehead atoms. The van der Waals surface area contributed by atoms with E-state index in [1.54, 1.807) is 0 Å². The Morgan fingerprint density at radius 3 is 2.06 bits per heavy atom. The molecule has 17 heavy (non-hydrogen) atoms. The monoisotopic (exact) mass is 239 g/mol. The smallest absolute Gasteiger partial charge is 0.0678 e. The first-order valence-electron chi connectivity index (χ1n) is 7.16. The van der Waals surface area contributed by atoms with Crippen LogP contribution >= 0.6 is 0 Å². The molecule has 1 saturated carbocycles. The predicted octanol–water partition coefficient (Wildman–Crippen LogP) is 3.31. The van der Waals surface area contributed by atoms with Crippen molar-refractivity contribution in [2.45, 2.75) is 66.1 Å². The van der Waals surface area contributed by atoms with E-state index in [1.165, 1.54) is 25.8 Å². The molecule has 2 heteroatoms. The first-order valence-corrected chi connectivity index (χ1v) is 7.16. The van der Waals surface area contributed by atoms with Crippen molar-refractivity contribution < 1.29 is 4.74 Å². The van der Waals surface area contributed by atoms with Crippen molar-refractivity contribution in [2.24, 2.45) is 10.8 Å². The molecule has 0 N–H and O–H groups in total. The zero-order valence-electron chi connectivity index (χ0n) is 12.3. The predicted molar refractivity (Wildman–Crippen MR) is 72.2 cm³/mol. The topological polar surface area (TPSA) is 12.5 Å². The van der Waals surface area contributed by atoms with Gasteiger partial charge >= 0.3 is 0 Å². The second-order valence-corrected chi connectivity index (χ2v) is 7.69. The second kappa shape index (κ2) is 4.55. The van der Waals surface area contributed by atoms with Crippen molar-refractivity contribution in [3.05, 3.63) is 0 Å². The first kappa shape index (κ1) is 13.4. The summed E-state index contributed by atoms with van der Waals surface area (Å²) in [5.41, 5.74) is 1.11. The van der Waals surface area contributed by atoms with Gasteiger partial charge in [-0.1, -0.05) is 20.8 Å². The molecule has 100 valence electrons. The molecule has 0 amide bonds. The Labute approximate surface area is 107 Å². The highest BCUT2D eigenvalue weighted by Gasteiger charge is 2.46. The minimum Gasteiger partial charge on any atom is -0.373 e. The van der Waals surface area contributed by atoms with E-state index in [0.717, 1.165) is 13.1 Å². The minimum atomic E-state index is 0.407. The highest BCUT2D eigenvalue weighted by Crippen LogP contribution is 2.53. The van der Waals surface area contributed by atoms with Gasteiger partial charge in [-0.3, -0.25) is 4.90 Å². The summed E-state index contributed by atoms with van der Waals surface area (Å²) in [5.74, 6) is 0. The summed E-state index contributed by atoms with van der Waals surface area (Å²) in [6, 6.07) is 0. The van der Waals surface area contributed by atoms with E-state index in [0.29, 0.717) is 23.0 Å². The Morgan fingerprint density at radius 2 is 1.65 bits per heavy atom. The maximum absolute atomic E-state index is 5.81. The van der Waals surface area contributed by atoms with Crippen LogP contribution < -0.4 is 0 Å². The van der Waals surface area contributed by atoms with Crippen molar-refractivity contribution in [1.29, 1.82) is 0 Å². The van der Waals surface area contributed by atoms with Gasteiger partial charge in [0.2, 0.25) is 0 Å². The standard InChI is InChI=1S/C15H29NO/c1-12-8-16(9-13(2)17-12)11-15(6-7-15)10-14(3,4)5/h12-13H,6-11H2,1-5H3/t12-,13+. The summed E-state index contributed by atoms with van der Waals surface area (Å²) in [5, 5.41) is 0. The molecule has 0 aromatic rings. The van der Waals surface area contributed by atoms with Crippen LogP contribution in [0.1, 0.15) is 53.9 Å². The van der Waals surface area contributed by atoms with Gasteiger partial charge in [0.15, 0.2) is 0 Å². The Balaban J connectivity index is 1.88. The Hall–Kier alpha value is -0.0800. The molecule has 2 atom stereocenters. The summed E-state index contributed by atoms with van der Waals surface area (Å²) in [7, 11) is 0. The van der Waals surface area contributed by atoms with Crippen LogP contribution in [-0.4, -0.2) is 36.7 Å². The normalized spacial score (nSPS) is 33.7. The maximum Gasteiger partial charge on any atom is 0.0678 e. The maximum atomic E-state index is 5.81. The molecule has 1 aliphatic heterocycles. The van der Waals surface area contributed by atoms with E-state index in [2.05, 4.69) is 39.5 Å². The molecule has 2 nitrogen and oxygen atoms in total. The molecule has 0 spiro atoms. The van der Waals surface area contributed by atoms with E-state index >= 15 is 0 Å². The number of hydrogen-bond acceptors (Lipinski definition) is 2. The lowest BCUT2D eigenvalue weighted by Crippen LogP contribution is -2.47. The van der Waals surface area contributed by atoms with Crippen LogP contribution in [0.25, 0.3) is 0 Å². The molecule has 0 aromatic carbocycles. The van der Waals surface area contributed by atoms with Crippen LogP contribution in [0.3, 0.4) is 0 Å². The van der Waals surface area contributed by atoms with Gasteiger partial charge < -0.3 is 4.74 Å². The van der Waals surface area contributed by atoms with Gasteiger partial charge in [0.05, 0.1) is 12.2 Å². The fourth-order valence-corrected chi connectivity index (χ4v) is 3.58. The largest absolute Gasteiger partial charge is 0.373 e. The number of rotatable bonds is 3. The van der Waals surface area contributed by atoms with Gasteiger partial charge in [-0.2, -0.15) is 0 Å². The lowest BCUT2D eigenvalue weighted by Gasteiger charge is -2.38. The van der Waals surface area contributed by atoms with Crippen molar-refractivity contribution in [3.8, 4) is 0 Å². The van der Waals surface area contributed by atoms with E-state index < -0.39 is 0 Å². The lowest BCUT2D eigenvalue weighted by molar-refractivity contribution is -0.0738. The Morgan fingerprint density at radius 1 is 1.12 bits per heavy atom.